The van der Waals surface area contributed by atoms with Gasteiger partial charge in [-0.15, -0.1) is 21.9 Å². The number of aryl methyl sites for hydroxylation is 1. The van der Waals surface area contributed by atoms with Crippen molar-refractivity contribution in [3.8, 4) is 27.9 Å². The second kappa shape index (κ2) is 10.5. The Balaban J connectivity index is 1.66. The van der Waals surface area contributed by atoms with Crippen molar-refractivity contribution in [2.24, 2.45) is 0 Å². The zero-order chi connectivity index (χ0) is 31.0. The molecular formula is C34H32B8N2. The quantitative estimate of drug-likeness (QED) is 0.158. The molecule has 0 N–H and O–H groups in total. The second-order valence-electron chi connectivity index (χ2n) is 12.6. The molecule has 2 nitrogen and oxygen atoms in total. The predicted octanol–water partition coefficient (Wildman–Crippen LogP) is -4.96. The van der Waals surface area contributed by atoms with E-state index in [2.05, 4.69) is 153 Å². The molecule has 0 aliphatic carbocycles. The van der Waals surface area contributed by atoms with Gasteiger partial charge in [-0.25, -0.2) is 4.98 Å². The van der Waals surface area contributed by atoms with Crippen molar-refractivity contribution in [2.45, 2.75) is 6.92 Å². The van der Waals surface area contributed by atoms with Gasteiger partial charge in [0.15, 0.2) is 0 Å². The van der Waals surface area contributed by atoms with Crippen LogP contribution in [-0.2, 0) is 0 Å². The Morgan fingerprint density at radius 2 is 0.864 bits per heavy atom. The molecule has 0 fully saturated rings. The van der Waals surface area contributed by atoms with Gasteiger partial charge in [0.2, 0.25) is 0 Å². The Kier molecular flexibility index (Phi) is 6.81. The van der Waals surface area contributed by atoms with E-state index in [9.17, 15) is 0 Å². The third-order valence-electron chi connectivity index (χ3n) is 10.6. The van der Waals surface area contributed by atoms with Crippen molar-refractivity contribution in [1.82, 2.24) is 9.55 Å². The summed E-state index contributed by atoms with van der Waals surface area (Å²) in [4.78, 5) is 4.83. The first kappa shape index (κ1) is 28.6. The summed E-state index contributed by atoms with van der Waals surface area (Å²) in [5.74, 6) is 0.997. The van der Waals surface area contributed by atoms with Crippen molar-refractivity contribution in [2.75, 3.05) is 0 Å². The van der Waals surface area contributed by atoms with Gasteiger partial charge in [0.25, 0.3) is 0 Å². The summed E-state index contributed by atoms with van der Waals surface area (Å²) < 4.78 is 2.26. The molecular weight excluding hydrogens is 523 g/mol. The molecule has 44 heavy (non-hydrogen) atoms. The summed E-state index contributed by atoms with van der Waals surface area (Å²) in [5, 5.41) is 5.51. The van der Waals surface area contributed by atoms with Crippen molar-refractivity contribution >= 4 is 139 Å². The largest absolute Gasteiger partial charge is 0.297 e. The van der Waals surface area contributed by atoms with E-state index in [-0.39, 0.29) is 0 Å². The van der Waals surface area contributed by atoms with Crippen LogP contribution in [0.25, 0.3) is 60.5 Å². The molecule has 1 heterocycles. The van der Waals surface area contributed by atoms with Crippen molar-refractivity contribution < 1.29 is 0 Å². The number of fused-ring (bicyclic) bond motifs is 3. The highest BCUT2D eigenvalue weighted by molar-refractivity contribution is 6.71. The van der Waals surface area contributed by atoms with Crippen LogP contribution < -0.4 is 43.7 Å². The van der Waals surface area contributed by atoms with Gasteiger partial charge < -0.3 is 0 Å². The van der Waals surface area contributed by atoms with E-state index in [1.54, 1.807) is 0 Å². The normalized spacial score (nSPS) is 11.6. The number of hydrogen-bond donors (Lipinski definition) is 0. The molecule has 0 radical (unpaired) electrons. The van der Waals surface area contributed by atoms with Gasteiger partial charge in [0.05, 0.1) is 11.0 Å². The first-order valence-corrected chi connectivity index (χ1v) is 15.7. The van der Waals surface area contributed by atoms with Crippen molar-refractivity contribution in [3.05, 3.63) is 84.7 Å². The number of para-hydroxylation sites is 2. The lowest BCUT2D eigenvalue weighted by Gasteiger charge is -2.28. The maximum absolute atomic E-state index is 4.83. The summed E-state index contributed by atoms with van der Waals surface area (Å²) in [5.41, 5.74) is 19.5. The van der Waals surface area contributed by atoms with Crippen LogP contribution in [0.15, 0.2) is 78.9 Å². The molecule has 10 heteroatoms. The Hall–Kier alpha value is -4.17. The maximum atomic E-state index is 4.83. The van der Waals surface area contributed by atoms with Gasteiger partial charge in [-0.2, -0.15) is 0 Å². The topological polar surface area (TPSA) is 17.8 Å². The smallest absolute Gasteiger partial charge is 0.139 e. The zero-order valence-electron chi connectivity index (χ0n) is 27.4. The van der Waals surface area contributed by atoms with Crippen LogP contribution >= 0.6 is 0 Å². The van der Waals surface area contributed by atoms with Crippen LogP contribution in [-0.4, -0.2) is 72.3 Å². The molecule has 0 aliphatic heterocycles. The fourth-order valence-electron chi connectivity index (χ4n) is 7.56. The fourth-order valence-corrected chi connectivity index (χ4v) is 7.56. The number of hydrogen-bond acceptors (Lipinski definition) is 1. The SMILES string of the molecule is Bc1c(B)c(B)c2c(-c3ccc(-n4c(C)nc5ccccc54)cc3)c3c(B)c(B)c(B)c(B)c3c(-c3ccccc3)c2c1B. The van der Waals surface area contributed by atoms with E-state index in [1.165, 1.54) is 87.5 Å². The summed E-state index contributed by atoms with van der Waals surface area (Å²) in [6.07, 6.45) is 0. The van der Waals surface area contributed by atoms with Gasteiger partial charge in [-0.05, 0) is 75.0 Å². The minimum Gasteiger partial charge on any atom is -0.297 e. The Bertz CT molecular complexity index is 2230. The molecule has 202 valence electrons. The highest BCUT2D eigenvalue weighted by Gasteiger charge is 2.25. The number of imidazole rings is 1. The van der Waals surface area contributed by atoms with E-state index < -0.39 is 0 Å². The second-order valence-corrected chi connectivity index (χ2v) is 12.6. The van der Waals surface area contributed by atoms with Crippen molar-refractivity contribution in [1.29, 1.82) is 0 Å². The summed E-state index contributed by atoms with van der Waals surface area (Å²) in [7, 11) is 18.5. The van der Waals surface area contributed by atoms with Crippen LogP contribution in [0.2, 0.25) is 0 Å². The average molecular weight is 555 g/mol. The monoisotopic (exact) mass is 556 g/mol. The standard InChI is InChI=1S/C34H32B8N2/c1-15-43-19-9-5-6-10-20(19)44(15)18-13-11-17(12-14-18)22-25-23(27(35)31(39)33(41)29(25)37)21(16-7-3-2-4-8-16)24-26(22)30(38)34(42)32(40)28(24)36/h2-14H,35-42H2,1H3. The number of nitrogens with zero attached hydrogens (tertiary/aromatic N) is 2. The van der Waals surface area contributed by atoms with E-state index in [4.69, 9.17) is 4.98 Å². The van der Waals surface area contributed by atoms with Crippen LogP contribution in [0.5, 0.6) is 0 Å². The third kappa shape index (κ3) is 4.03. The van der Waals surface area contributed by atoms with Crippen LogP contribution in [0.1, 0.15) is 5.82 Å². The Morgan fingerprint density at radius 1 is 0.455 bits per heavy atom. The molecule has 0 atom stereocenters. The fraction of sp³-hybridized carbons (Fsp3) is 0.0294. The summed E-state index contributed by atoms with van der Waals surface area (Å²) in [6, 6.07) is 28.6. The molecule has 7 aromatic rings. The summed E-state index contributed by atoms with van der Waals surface area (Å²) in [6.45, 7) is 2.09. The number of rotatable bonds is 3. The van der Waals surface area contributed by atoms with Crippen molar-refractivity contribution in [3.63, 3.8) is 0 Å². The number of aromatic nitrogens is 2. The van der Waals surface area contributed by atoms with Gasteiger partial charge in [0.1, 0.15) is 68.6 Å². The van der Waals surface area contributed by atoms with Crippen LogP contribution in [0.3, 0.4) is 0 Å². The molecule has 0 saturated heterocycles. The van der Waals surface area contributed by atoms with E-state index in [1.807, 2.05) is 0 Å². The first-order chi connectivity index (χ1) is 21.1. The lowest BCUT2D eigenvalue weighted by molar-refractivity contribution is 1.00. The molecule has 7 rings (SSSR count). The predicted molar refractivity (Wildman–Crippen MR) is 217 cm³/mol. The Labute approximate surface area is 267 Å². The summed E-state index contributed by atoms with van der Waals surface area (Å²) >= 11 is 0. The highest BCUT2D eigenvalue weighted by Crippen LogP contribution is 2.40. The Morgan fingerprint density at radius 3 is 1.34 bits per heavy atom. The van der Waals surface area contributed by atoms with Gasteiger partial charge >= 0.3 is 0 Å². The third-order valence-corrected chi connectivity index (χ3v) is 10.6. The van der Waals surface area contributed by atoms with E-state index in [0.717, 1.165) is 22.5 Å². The molecule has 1 aromatic heterocycles. The first-order valence-electron chi connectivity index (χ1n) is 15.7. The van der Waals surface area contributed by atoms with Crippen LogP contribution in [0.4, 0.5) is 0 Å². The minimum atomic E-state index is 0.997. The molecule has 0 bridgehead atoms. The lowest BCUT2D eigenvalue weighted by atomic mass is 9.59. The zero-order valence-corrected chi connectivity index (χ0v) is 27.4. The molecule has 0 saturated carbocycles. The highest BCUT2D eigenvalue weighted by atomic mass is 15.1. The maximum Gasteiger partial charge on any atom is 0.139 e. The molecule has 0 unspecified atom stereocenters. The minimum absolute atomic E-state index is 0.997. The van der Waals surface area contributed by atoms with Gasteiger partial charge in [0, 0.05) is 5.69 Å². The number of benzene rings is 6. The molecule has 0 amide bonds. The molecule has 0 spiro atoms. The lowest BCUT2D eigenvalue weighted by Crippen LogP contribution is -2.50. The van der Waals surface area contributed by atoms with Gasteiger partial charge in [-0.1, -0.05) is 76.4 Å². The van der Waals surface area contributed by atoms with E-state index >= 15 is 0 Å². The molecule has 6 aromatic carbocycles. The van der Waals surface area contributed by atoms with E-state index in [0.29, 0.717) is 0 Å². The van der Waals surface area contributed by atoms with Gasteiger partial charge in [-0.3, -0.25) is 4.57 Å². The van der Waals surface area contributed by atoms with Crippen LogP contribution in [0, 0.1) is 6.92 Å². The molecule has 0 aliphatic rings. The average Bonchev–Trinajstić information content (AvgIpc) is 3.39.